The molecule has 202 valence electrons. The Balaban J connectivity index is 1.51. The minimum Gasteiger partial charge on any atom is -0.481 e. The summed E-state index contributed by atoms with van der Waals surface area (Å²) in [6.45, 7) is 8.18. The van der Waals surface area contributed by atoms with E-state index in [1.807, 2.05) is 23.1 Å². The zero-order valence-corrected chi connectivity index (χ0v) is 21.4. The molecule has 1 aliphatic heterocycles. The van der Waals surface area contributed by atoms with Crippen molar-refractivity contribution in [1.82, 2.24) is 9.80 Å². The van der Waals surface area contributed by atoms with Crippen LogP contribution in [0.25, 0.3) is 0 Å². The summed E-state index contributed by atoms with van der Waals surface area (Å²) < 4.78 is 46.5. The third-order valence-electron chi connectivity index (χ3n) is 6.25. The standard InChI is InChI=1S/C27H34F3N3O4/c1-4-20-8-6-9-21(5-2)25(20)31-24(34)18-32-14-7-15-33(17-16-32)26(35)19(3)36-22-10-12-23(13-11-22)37-27(28,29)30/h6,8-13,19H,4-5,7,14-18H2,1-3H3,(H,31,34). The fourth-order valence-electron chi connectivity index (χ4n) is 4.37. The van der Waals surface area contributed by atoms with E-state index < -0.39 is 12.5 Å². The van der Waals surface area contributed by atoms with Crippen LogP contribution in [0.2, 0.25) is 0 Å². The van der Waals surface area contributed by atoms with Crippen molar-refractivity contribution < 1.29 is 32.2 Å². The number of alkyl halides is 3. The van der Waals surface area contributed by atoms with E-state index in [9.17, 15) is 22.8 Å². The van der Waals surface area contributed by atoms with E-state index in [2.05, 4.69) is 23.9 Å². The maximum absolute atomic E-state index is 13.0. The summed E-state index contributed by atoms with van der Waals surface area (Å²) in [6, 6.07) is 11.0. The van der Waals surface area contributed by atoms with Crippen molar-refractivity contribution in [2.45, 2.75) is 52.5 Å². The van der Waals surface area contributed by atoms with Crippen LogP contribution in [0.3, 0.4) is 0 Å². The molecule has 2 aromatic carbocycles. The molecule has 1 atom stereocenters. The van der Waals surface area contributed by atoms with Crippen molar-refractivity contribution in [2.75, 3.05) is 38.0 Å². The molecule has 3 rings (SSSR count). The minimum absolute atomic E-state index is 0.0787. The lowest BCUT2D eigenvalue weighted by atomic mass is 10.0. The number of carbonyl (C=O) groups excluding carboxylic acids is 2. The van der Waals surface area contributed by atoms with E-state index in [1.54, 1.807) is 11.8 Å². The Morgan fingerprint density at radius 3 is 2.16 bits per heavy atom. The van der Waals surface area contributed by atoms with E-state index >= 15 is 0 Å². The number of amides is 2. The third-order valence-corrected chi connectivity index (χ3v) is 6.25. The summed E-state index contributed by atoms with van der Waals surface area (Å²) in [5, 5.41) is 3.09. The summed E-state index contributed by atoms with van der Waals surface area (Å²) in [4.78, 5) is 29.5. The number of benzene rings is 2. The Morgan fingerprint density at radius 1 is 0.946 bits per heavy atom. The highest BCUT2D eigenvalue weighted by Gasteiger charge is 2.31. The molecule has 1 aliphatic rings. The molecule has 1 heterocycles. The van der Waals surface area contributed by atoms with Gasteiger partial charge in [0.05, 0.1) is 6.54 Å². The van der Waals surface area contributed by atoms with E-state index in [1.165, 1.54) is 12.1 Å². The van der Waals surface area contributed by atoms with Gasteiger partial charge in [-0.1, -0.05) is 32.0 Å². The fraction of sp³-hybridized carbons (Fsp3) is 0.481. The SMILES string of the molecule is CCc1cccc(CC)c1NC(=O)CN1CCCN(C(=O)C(C)Oc2ccc(OC(F)(F)F)cc2)CC1. The molecule has 2 aromatic rings. The van der Waals surface area contributed by atoms with Gasteiger partial charge in [-0.2, -0.15) is 0 Å². The zero-order valence-electron chi connectivity index (χ0n) is 21.4. The van der Waals surface area contributed by atoms with Crippen LogP contribution in [0, 0.1) is 0 Å². The first kappa shape index (κ1) is 28.3. The second kappa shape index (κ2) is 12.8. The maximum atomic E-state index is 13.0. The molecule has 0 aromatic heterocycles. The maximum Gasteiger partial charge on any atom is 0.573 e. The third kappa shape index (κ3) is 8.38. The Labute approximate surface area is 215 Å². The first-order chi connectivity index (χ1) is 17.6. The topological polar surface area (TPSA) is 71.1 Å². The lowest BCUT2D eigenvalue weighted by molar-refractivity contribution is -0.274. The summed E-state index contributed by atoms with van der Waals surface area (Å²) in [7, 11) is 0. The van der Waals surface area contributed by atoms with Crippen LogP contribution in [0.15, 0.2) is 42.5 Å². The summed E-state index contributed by atoms with van der Waals surface area (Å²) >= 11 is 0. The summed E-state index contributed by atoms with van der Waals surface area (Å²) in [5.74, 6) is -0.390. The number of hydrogen-bond donors (Lipinski definition) is 1. The Morgan fingerprint density at radius 2 is 1.57 bits per heavy atom. The Hall–Kier alpha value is -3.27. The largest absolute Gasteiger partial charge is 0.573 e. The summed E-state index contributed by atoms with van der Waals surface area (Å²) in [5.41, 5.74) is 3.11. The molecule has 1 N–H and O–H groups in total. The second-order valence-electron chi connectivity index (χ2n) is 8.94. The molecule has 0 aliphatic carbocycles. The molecular formula is C27H34F3N3O4. The molecule has 7 nitrogen and oxygen atoms in total. The van der Waals surface area contributed by atoms with E-state index in [4.69, 9.17) is 4.74 Å². The second-order valence-corrected chi connectivity index (χ2v) is 8.94. The number of halogens is 3. The van der Waals surface area contributed by atoms with Crippen molar-refractivity contribution in [1.29, 1.82) is 0 Å². The van der Waals surface area contributed by atoms with Gasteiger partial charge in [-0.25, -0.2) is 0 Å². The molecule has 0 radical (unpaired) electrons. The highest BCUT2D eigenvalue weighted by atomic mass is 19.4. The number of carbonyl (C=O) groups is 2. The van der Waals surface area contributed by atoms with Gasteiger partial charge >= 0.3 is 6.36 Å². The van der Waals surface area contributed by atoms with Gasteiger partial charge in [0.15, 0.2) is 6.10 Å². The van der Waals surface area contributed by atoms with Gasteiger partial charge in [0.1, 0.15) is 11.5 Å². The number of anilines is 1. The van der Waals surface area contributed by atoms with Crippen molar-refractivity contribution in [3.05, 3.63) is 53.6 Å². The van der Waals surface area contributed by atoms with Crippen molar-refractivity contribution >= 4 is 17.5 Å². The van der Waals surface area contributed by atoms with E-state index in [0.717, 1.165) is 41.8 Å². The minimum atomic E-state index is -4.77. The van der Waals surface area contributed by atoms with Gasteiger partial charge in [0.2, 0.25) is 5.91 Å². The first-order valence-corrected chi connectivity index (χ1v) is 12.5. The molecular weight excluding hydrogens is 487 g/mol. The highest BCUT2D eigenvalue weighted by Crippen LogP contribution is 2.25. The number of nitrogens with zero attached hydrogens (tertiary/aromatic N) is 2. The van der Waals surface area contributed by atoms with Gasteiger partial charge in [0.25, 0.3) is 5.91 Å². The number of rotatable bonds is 9. The number of hydrogen-bond acceptors (Lipinski definition) is 5. The summed E-state index contributed by atoms with van der Waals surface area (Å²) in [6.07, 6.45) is -3.22. The van der Waals surface area contributed by atoms with Gasteiger partial charge < -0.3 is 19.7 Å². The van der Waals surface area contributed by atoms with Crippen LogP contribution in [0.5, 0.6) is 11.5 Å². The van der Waals surface area contributed by atoms with Crippen molar-refractivity contribution in [3.63, 3.8) is 0 Å². The molecule has 10 heteroatoms. The fourth-order valence-corrected chi connectivity index (χ4v) is 4.37. The van der Waals surface area contributed by atoms with Crippen LogP contribution in [0.1, 0.15) is 38.3 Å². The molecule has 0 saturated carbocycles. The average Bonchev–Trinajstić information content (AvgIpc) is 3.09. The van der Waals surface area contributed by atoms with Crippen molar-refractivity contribution in [3.8, 4) is 11.5 Å². The van der Waals surface area contributed by atoms with Crippen LogP contribution in [0.4, 0.5) is 18.9 Å². The van der Waals surface area contributed by atoms with Gasteiger partial charge in [-0.15, -0.1) is 13.2 Å². The van der Waals surface area contributed by atoms with Crippen LogP contribution in [-0.2, 0) is 22.4 Å². The lowest BCUT2D eigenvalue weighted by Gasteiger charge is -2.25. The lowest BCUT2D eigenvalue weighted by Crippen LogP contribution is -2.43. The normalized spacial score (nSPS) is 15.6. The molecule has 1 fully saturated rings. The number of ether oxygens (including phenoxy) is 2. The Bertz CT molecular complexity index is 1040. The van der Waals surface area contributed by atoms with Gasteiger partial charge in [-0.05, 0) is 61.6 Å². The molecule has 0 spiro atoms. The van der Waals surface area contributed by atoms with E-state index in [0.29, 0.717) is 32.6 Å². The van der Waals surface area contributed by atoms with Crippen molar-refractivity contribution in [2.24, 2.45) is 0 Å². The molecule has 1 saturated heterocycles. The van der Waals surface area contributed by atoms with Crippen LogP contribution < -0.4 is 14.8 Å². The molecule has 2 amide bonds. The molecule has 0 bridgehead atoms. The average molecular weight is 522 g/mol. The highest BCUT2D eigenvalue weighted by molar-refractivity contribution is 5.94. The zero-order chi connectivity index (χ0) is 27.0. The van der Waals surface area contributed by atoms with Gasteiger partial charge in [0, 0.05) is 31.9 Å². The van der Waals surface area contributed by atoms with Crippen LogP contribution >= 0.6 is 0 Å². The molecule has 37 heavy (non-hydrogen) atoms. The predicted octanol–water partition coefficient (Wildman–Crippen LogP) is 4.65. The predicted molar refractivity (Wildman–Crippen MR) is 135 cm³/mol. The monoisotopic (exact) mass is 521 g/mol. The number of para-hydroxylation sites is 1. The quantitative estimate of drug-likeness (QED) is 0.520. The number of aryl methyl sites for hydroxylation is 2. The van der Waals surface area contributed by atoms with Gasteiger partial charge in [-0.3, -0.25) is 14.5 Å². The van der Waals surface area contributed by atoms with Crippen LogP contribution in [-0.4, -0.2) is 66.8 Å². The first-order valence-electron chi connectivity index (χ1n) is 12.5. The van der Waals surface area contributed by atoms with E-state index in [-0.39, 0.29) is 29.9 Å². The Kier molecular flexibility index (Phi) is 9.79. The smallest absolute Gasteiger partial charge is 0.481 e. The number of nitrogens with one attached hydrogen (secondary N) is 1. The molecule has 1 unspecified atom stereocenters.